The molecule has 0 aliphatic rings. The minimum absolute atomic E-state index is 0. The van der Waals surface area contributed by atoms with Gasteiger partial charge in [0.2, 0.25) is 5.75 Å². The highest BCUT2D eigenvalue weighted by atomic mass is 127. The average molecular weight is 489 g/mol. The van der Waals surface area contributed by atoms with Gasteiger partial charge in [-0.2, -0.15) is 0 Å². The summed E-state index contributed by atoms with van der Waals surface area (Å²) in [4.78, 5) is 4.51. The zero-order chi connectivity index (χ0) is 18.9. The van der Waals surface area contributed by atoms with Crippen LogP contribution < -0.4 is 20.1 Å². The van der Waals surface area contributed by atoms with Crippen LogP contribution in [0, 0.1) is 5.82 Å². The number of aliphatic imine (C=N–C) groups is 1. The van der Waals surface area contributed by atoms with Crippen LogP contribution in [0.1, 0.15) is 18.1 Å². The number of nitrogens with zero attached hydrogens (tertiary/aromatic N) is 1. The van der Waals surface area contributed by atoms with Crippen molar-refractivity contribution in [1.29, 1.82) is 0 Å². The molecule has 0 spiro atoms. The molecule has 0 fully saturated rings. The first kappa shape index (κ1) is 22.8. The lowest BCUT2D eigenvalue weighted by molar-refractivity contribution is 0.339. The molecule has 0 radical (unpaired) electrons. The molecule has 8 heteroatoms. The monoisotopic (exact) mass is 489 g/mol. The van der Waals surface area contributed by atoms with Gasteiger partial charge in [-0.3, -0.25) is 0 Å². The van der Waals surface area contributed by atoms with Gasteiger partial charge in [0.25, 0.3) is 0 Å². The Kier molecular flexibility index (Phi) is 9.70. The predicted octanol–water partition coefficient (Wildman–Crippen LogP) is 3.42. The molecule has 2 aromatic carbocycles. The van der Waals surface area contributed by atoms with Gasteiger partial charge in [0, 0.05) is 13.1 Å². The molecule has 0 saturated heterocycles. The van der Waals surface area contributed by atoms with Gasteiger partial charge in [0.05, 0.1) is 20.8 Å². The second-order valence-corrected chi connectivity index (χ2v) is 5.53. The van der Waals surface area contributed by atoms with Crippen molar-refractivity contribution in [2.75, 3.05) is 20.8 Å². The summed E-state index contributed by atoms with van der Waals surface area (Å²) >= 11 is 0. The number of phenols is 1. The summed E-state index contributed by atoms with van der Waals surface area (Å²) in [5.41, 5.74) is 1.64. The van der Waals surface area contributed by atoms with Gasteiger partial charge in [-0.15, -0.1) is 24.0 Å². The first-order valence-corrected chi connectivity index (χ1v) is 8.27. The third-order valence-corrected chi connectivity index (χ3v) is 3.65. The second kappa shape index (κ2) is 11.5. The van der Waals surface area contributed by atoms with Crippen molar-refractivity contribution >= 4 is 29.9 Å². The minimum Gasteiger partial charge on any atom is -0.502 e. The Morgan fingerprint density at radius 3 is 2.30 bits per heavy atom. The molecule has 0 heterocycles. The number of methoxy groups -OCH3 is 2. The maximum atomic E-state index is 13.3. The summed E-state index contributed by atoms with van der Waals surface area (Å²) in [5, 5.41) is 16.3. The van der Waals surface area contributed by atoms with E-state index >= 15 is 0 Å². The Morgan fingerprint density at radius 1 is 1.07 bits per heavy atom. The van der Waals surface area contributed by atoms with Crippen molar-refractivity contribution in [3.05, 3.63) is 53.3 Å². The molecule has 0 unspecified atom stereocenters. The van der Waals surface area contributed by atoms with E-state index in [1.807, 2.05) is 13.0 Å². The van der Waals surface area contributed by atoms with Crippen LogP contribution >= 0.6 is 24.0 Å². The average Bonchev–Trinajstić information content (AvgIpc) is 2.64. The van der Waals surface area contributed by atoms with Crippen molar-refractivity contribution in [2.45, 2.75) is 20.0 Å². The highest BCUT2D eigenvalue weighted by Crippen LogP contribution is 2.37. The zero-order valence-corrected chi connectivity index (χ0v) is 17.9. The summed E-state index contributed by atoms with van der Waals surface area (Å²) in [6.45, 7) is 3.46. The lowest BCUT2D eigenvalue weighted by Crippen LogP contribution is -2.36. The molecule has 6 nitrogen and oxygen atoms in total. The van der Waals surface area contributed by atoms with E-state index in [2.05, 4.69) is 15.6 Å². The van der Waals surface area contributed by atoms with E-state index in [4.69, 9.17) is 9.47 Å². The molecule has 0 atom stereocenters. The largest absolute Gasteiger partial charge is 0.502 e. The van der Waals surface area contributed by atoms with E-state index < -0.39 is 0 Å². The first-order chi connectivity index (χ1) is 12.6. The number of hydrogen-bond donors (Lipinski definition) is 3. The summed E-state index contributed by atoms with van der Waals surface area (Å²) in [7, 11) is 2.96. The number of ether oxygens (including phenoxy) is 2. The number of aromatic hydroxyl groups is 1. The van der Waals surface area contributed by atoms with Crippen LogP contribution in [-0.2, 0) is 13.1 Å². The van der Waals surface area contributed by atoms with Crippen molar-refractivity contribution in [3.8, 4) is 17.2 Å². The molecule has 2 aromatic rings. The van der Waals surface area contributed by atoms with Gasteiger partial charge >= 0.3 is 0 Å². The Bertz CT molecular complexity index is 747. The summed E-state index contributed by atoms with van der Waals surface area (Å²) in [6, 6.07) is 9.82. The van der Waals surface area contributed by atoms with Gasteiger partial charge in [-0.05, 0) is 42.3 Å². The maximum Gasteiger partial charge on any atom is 0.200 e. The Hall–Kier alpha value is -2.23. The van der Waals surface area contributed by atoms with Gasteiger partial charge < -0.3 is 25.2 Å². The van der Waals surface area contributed by atoms with E-state index in [1.165, 1.54) is 26.4 Å². The van der Waals surface area contributed by atoms with E-state index in [9.17, 15) is 9.50 Å². The van der Waals surface area contributed by atoms with Gasteiger partial charge in [0.1, 0.15) is 5.82 Å². The Labute approximate surface area is 175 Å². The standard InChI is InChI=1S/C19H24FN3O3.HI/c1-4-21-19(22-11-13-6-5-7-15(20)8-13)23-12-14-9-16(25-2)18(24)17(10-14)26-3;/h5-10,24H,4,11-12H2,1-3H3,(H2,21,22,23);1H. The first-order valence-electron chi connectivity index (χ1n) is 8.27. The zero-order valence-electron chi connectivity index (χ0n) is 15.6. The topological polar surface area (TPSA) is 75.1 Å². The molecular formula is C19H25FIN3O3. The van der Waals surface area contributed by atoms with Gasteiger partial charge in [-0.1, -0.05) is 12.1 Å². The van der Waals surface area contributed by atoms with Gasteiger partial charge in [0.15, 0.2) is 17.5 Å². The molecule has 27 heavy (non-hydrogen) atoms. The fourth-order valence-electron chi connectivity index (χ4n) is 2.38. The van der Waals surface area contributed by atoms with Gasteiger partial charge in [-0.25, -0.2) is 9.38 Å². The molecule has 0 amide bonds. The third-order valence-electron chi connectivity index (χ3n) is 3.65. The van der Waals surface area contributed by atoms with Crippen molar-refractivity contribution < 1.29 is 19.0 Å². The molecular weight excluding hydrogens is 464 g/mol. The molecule has 0 bridgehead atoms. The number of benzene rings is 2. The lowest BCUT2D eigenvalue weighted by Gasteiger charge is -2.13. The number of phenolic OH excluding ortho intramolecular Hbond substituents is 1. The SMILES string of the molecule is CCNC(=NCc1cc(OC)c(O)c(OC)c1)NCc1cccc(F)c1.I. The van der Waals surface area contributed by atoms with Crippen LogP contribution in [0.25, 0.3) is 0 Å². The highest BCUT2D eigenvalue weighted by molar-refractivity contribution is 14.0. The quantitative estimate of drug-likeness (QED) is 0.316. The van der Waals surface area contributed by atoms with E-state index in [1.54, 1.807) is 18.2 Å². The highest BCUT2D eigenvalue weighted by Gasteiger charge is 2.11. The number of halogens is 2. The van der Waals surface area contributed by atoms with Crippen molar-refractivity contribution in [3.63, 3.8) is 0 Å². The Morgan fingerprint density at radius 2 is 1.74 bits per heavy atom. The molecule has 3 N–H and O–H groups in total. The molecule has 0 aromatic heterocycles. The predicted molar refractivity (Wildman–Crippen MR) is 115 cm³/mol. The number of nitrogens with one attached hydrogen (secondary N) is 2. The third kappa shape index (κ3) is 6.78. The van der Waals surface area contributed by atoms with Crippen molar-refractivity contribution in [1.82, 2.24) is 10.6 Å². The smallest absolute Gasteiger partial charge is 0.200 e. The van der Waals surface area contributed by atoms with Crippen LogP contribution in [0.5, 0.6) is 17.2 Å². The molecule has 2 rings (SSSR count). The number of hydrogen-bond acceptors (Lipinski definition) is 4. The molecule has 0 aliphatic carbocycles. The fraction of sp³-hybridized carbons (Fsp3) is 0.316. The van der Waals surface area contributed by atoms with E-state index in [0.29, 0.717) is 37.1 Å². The van der Waals surface area contributed by atoms with Crippen LogP contribution in [-0.4, -0.2) is 31.8 Å². The maximum absolute atomic E-state index is 13.3. The summed E-state index contributed by atoms with van der Waals surface area (Å²) < 4.78 is 23.6. The second-order valence-electron chi connectivity index (χ2n) is 5.53. The minimum atomic E-state index is -0.269. The normalized spacial score (nSPS) is 10.7. The van der Waals surface area contributed by atoms with Crippen LogP contribution in [0.3, 0.4) is 0 Å². The van der Waals surface area contributed by atoms with Crippen LogP contribution in [0.15, 0.2) is 41.4 Å². The van der Waals surface area contributed by atoms with Crippen LogP contribution in [0.2, 0.25) is 0 Å². The number of guanidine groups is 1. The lowest BCUT2D eigenvalue weighted by atomic mass is 10.2. The molecule has 0 aliphatic heterocycles. The van der Waals surface area contributed by atoms with E-state index in [0.717, 1.165) is 11.1 Å². The van der Waals surface area contributed by atoms with Crippen LogP contribution in [0.4, 0.5) is 4.39 Å². The van der Waals surface area contributed by atoms with Crippen molar-refractivity contribution in [2.24, 2.45) is 4.99 Å². The molecule has 0 saturated carbocycles. The van der Waals surface area contributed by atoms with E-state index in [-0.39, 0.29) is 35.5 Å². The number of rotatable bonds is 7. The summed E-state index contributed by atoms with van der Waals surface area (Å²) in [5.74, 6) is 0.940. The summed E-state index contributed by atoms with van der Waals surface area (Å²) in [6.07, 6.45) is 0. The fourth-order valence-corrected chi connectivity index (χ4v) is 2.38. The Balaban J connectivity index is 0.00000364. The molecule has 148 valence electrons.